The van der Waals surface area contributed by atoms with Crippen molar-refractivity contribution in [2.45, 2.75) is 24.0 Å². The minimum Gasteiger partial charge on any atom is -0.489 e. The van der Waals surface area contributed by atoms with Crippen molar-refractivity contribution in [1.82, 2.24) is 0 Å². The molecule has 3 rings (SSSR count). The van der Waals surface area contributed by atoms with E-state index in [0.717, 1.165) is 17.9 Å². The van der Waals surface area contributed by atoms with Gasteiger partial charge in [0.1, 0.15) is 11.9 Å². The van der Waals surface area contributed by atoms with E-state index in [0.29, 0.717) is 6.54 Å². The van der Waals surface area contributed by atoms with Crippen molar-refractivity contribution in [3.63, 3.8) is 0 Å². The number of benzene rings is 2. The molecular formula is C16H17NOS. The molecule has 0 bridgehead atoms. The Labute approximate surface area is 118 Å². The molecule has 0 saturated carbocycles. The van der Waals surface area contributed by atoms with Crippen LogP contribution in [0.25, 0.3) is 0 Å². The molecule has 1 atom stereocenters. The summed E-state index contributed by atoms with van der Waals surface area (Å²) >= 11 is 1.84. The average Bonchev–Trinajstić information content (AvgIpc) is 2.88. The zero-order chi connectivity index (χ0) is 13.1. The molecule has 2 aromatic carbocycles. The lowest BCUT2D eigenvalue weighted by Gasteiger charge is -2.10. The van der Waals surface area contributed by atoms with Crippen LogP contribution in [0.1, 0.15) is 11.1 Å². The van der Waals surface area contributed by atoms with Crippen LogP contribution in [0.3, 0.4) is 0 Å². The van der Waals surface area contributed by atoms with Gasteiger partial charge >= 0.3 is 0 Å². The first-order chi connectivity index (χ1) is 9.35. The Morgan fingerprint density at radius 2 is 2.05 bits per heavy atom. The molecule has 0 saturated heterocycles. The van der Waals surface area contributed by atoms with Crippen LogP contribution in [0.2, 0.25) is 0 Å². The summed E-state index contributed by atoms with van der Waals surface area (Å²) < 4.78 is 5.94. The molecule has 0 aliphatic carbocycles. The van der Waals surface area contributed by atoms with Crippen LogP contribution < -0.4 is 10.5 Å². The van der Waals surface area contributed by atoms with Gasteiger partial charge in [-0.3, -0.25) is 0 Å². The number of thioether (sulfide) groups is 1. The van der Waals surface area contributed by atoms with Gasteiger partial charge in [0.15, 0.2) is 0 Å². The molecule has 1 aliphatic rings. The van der Waals surface area contributed by atoms with E-state index in [1.54, 1.807) is 0 Å². The van der Waals surface area contributed by atoms with Gasteiger partial charge < -0.3 is 10.5 Å². The highest BCUT2D eigenvalue weighted by Crippen LogP contribution is 2.31. The second-order valence-electron chi connectivity index (χ2n) is 4.71. The molecule has 1 aliphatic heterocycles. The zero-order valence-corrected chi connectivity index (χ0v) is 11.5. The Morgan fingerprint density at radius 1 is 1.16 bits per heavy atom. The molecule has 0 aromatic heterocycles. The topological polar surface area (TPSA) is 35.2 Å². The van der Waals surface area contributed by atoms with Crippen LogP contribution in [0.5, 0.6) is 5.75 Å². The Kier molecular flexibility index (Phi) is 3.76. The number of fused-ring (bicyclic) bond motifs is 1. The molecule has 0 radical (unpaired) electrons. The summed E-state index contributed by atoms with van der Waals surface area (Å²) in [7, 11) is 0. The van der Waals surface area contributed by atoms with Crippen molar-refractivity contribution in [2.24, 2.45) is 5.73 Å². The van der Waals surface area contributed by atoms with E-state index in [4.69, 9.17) is 10.5 Å². The van der Waals surface area contributed by atoms with Gasteiger partial charge in [0.25, 0.3) is 0 Å². The highest BCUT2D eigenvalue weighted by Gasteiger charge is 2.22. The van der Waals surface area contributed by atoms with E-state index in [1.165, 1.54) is 16.0 Å². The molecule has 19 heavy (non-hydrogen) atoms. The molecule has 0 fully saturated rings. The Bertz CT molecular complexity index is 545. The summed E-state index contributed by atoms with van der Waals surface area (Å²) in [6, 6.07) is 16.7. The molecule has 1 heterocycles. The van der Waals surface area contributed by atoms with E-state index >= 15 is 0 Å². The van der Waals surface area contributed by atoms with Crippen molar-refractivity contribution < 1.29 is 4.74 Å². The van der Waals surface area contributed by atoms with E-state index < -0.39 is 0 Å². The molecule has 3 heteroatoms. The number of rotatable bonds is 4. The van der Waals surface area contributed by atoms with Gasteiger partial charge in [-0.05, 0) is 29.3 Å². The van der Waals surface area contributed by atoms with Crippen LogP contribution in [-0.2, 0) is 13.0 Å². The summed E-state index contributed by atoms with van der Waals surface area (Å²) in [5.41, 5.74) is 8.16. The Morgan fingerprint density at radius 3 is 2.89 bits per heavy atom. The lowest BCUT2D eigenvalue weighted by Crippen LogP contribution is -2.15. The van der Waals surface area contributed by atoms with Crippen molar-refractivity contribution in [2.75, 3.05) is 5.75 Å². The second kappa shape index (κ2) is 5.68. The van der Waals surface area contributed by atoms with Crippen LogP contribution in [0.4, 0.5) is 0 Å². The first-order valence-electron chi connectivity index (χ1n) is 6.51. The van der Waals surface area contributed by atoms with E-state index in [-0.39, 0.29) is 6.10 Å². The van der Waals surface area contributed by atoms with Crippen LogP contribution in [0.15, 0.2) is 53.4 Å². The number of hydrogen-bond donors (Lipinski definition) is 1. The number of para-hydroxylation sites is 1. The predicted molar refractivity (Wildman–Crippen MR) is 79.6 cm³/mol. The van der Waals surface area contributed by atoms with Crippen LogP contribution in [0, 0.1) is 0 Å². The molecule has 2 nitrogen and oxygen atoms in total. The molecule has 1 unspecified atom stereocenters. The van der Waals surface area contributed by atoms with Crippen LogP contribution >= 0.6 is 11.8 Å². The van der Waals surface area contributed by atoms with Gasteiger partial charge in [0.05, 0.1) is 0 Å². The van der Waals surface area contributed by atoms with Gasteiger partial charge in [0.2, 0.25) is 0 Å². The third-order valence-corrected chi connectivity index (χ3v) is 4.41. The number of ether oxygens (including phenoxy) is 1. The SMILES string of the molecule is NCc1cccc(SCC2Cc3ccccc3O2)c1. The maximum Gasteiger partial charge on any atom is 0.123 e. The minimum atomic E-state index is 0.281. The first kappa shape index (κ1) is 12.6. The molecule has 2 aromatic rings. The summed E-state index contributed by atoms with van der Waals surface area (Å²) in [6.45, 7) is 0.597. The standard InChI is InChI=1S/C16H17NOS/c17-10-12-4-3-6-15(8-12)19-11-14-9-13-5-1-2-7-16(13)18-14/h1-8,14H,9-11,17H2. The van der Waals surface area contributed by atoms with E-state index in [1.807, 2.05) is 17.8 Å². The zero-order valence-electron chi connectivity index (χ0n) is 10.7. The Balaban J connectivity index is 1.59. The fraction of sp³-hybridized carbons (Fsp3) is 0.250. The Hall–Kier alpha value is -1.45. The highest BCUT2D eigenvalue weighted by atomic mass is 32.2. The molecule has 0 spiro atoms. The third-order valence-electron chi connectivity index (χ3n) is 3.28. The van der Waals surface area contributed by atoms with E-state index in [9.17, 15) is 0 Å². The lowest BCUT2D eigenvalue weighted by atomic mass is 10.1. The van der Waals surface area contributed by atoms with Gasteiger partial charge in [0, 0.05) is 23.6 Å². The monoisotopic (exact) mass is 271 g/mol. The average molecular weight is 271 g/mol. The fourth-order valence-electron chi connectivity index (χ4n) is 2.30. The van der Waals surface area contributed by atoms with Gasteiger partial charge in [-0.1, -0.05) is 30.3 Å². The van der Waals surface area contributed by atoms with E-state index in [2.05, 4.69) is 42.5 Å². The smallest absolute Gasteiger partial charge is 0.123 e. The van der Waals surface area contributed by atoms with Crippen molar-refractivity contribution >= 4 is 11.8 Å². The van der Waals surface area contributed by atoms with Crippen molar-refractivity contribution in [3.8, 4) is 5.75 Å². The molecule has 0 amide bonds. The highest BCUT2D eigenvalue weighted by molar-refractivity contribution is 7.99. The summed E-state index contributed by atoms with van der Waals surface area (Å²) in [5.74, 6) is 2.02. The quantitative estimate of drug-likeness (QED) is 0.867. The summed E-state index contributed by atoms with van der Waals surface area (Å²) in [6.07, 6.45) is 1.30. The van der Waals surface area contributed by atoms with Gasteiger partial charge in [-0.25, -0.2) is 0 Å². The summed E-state index contributed by atoms with van der Waals surface area (Å²) in [4.78, 5) is 1.27. The van der Waals surface area contributed by atoms with Gasteiger partial charge in [-0.2, -0.15) is 0 Å². The van der Waals surface area contributed by atoms with Gasteiger partial charge in [-0.15, -0.1) is 11.8 Å². The minimum absolute atomic E-state index is 0.281. The predicted octanol–water partition coefficient (Wildman–Crippen LogP) is 3.24. The normalized spacial score (nSPS) is 17.0. The second-order valence-corrected chi connectivity index (χ2v) is 5.81. The van der Waals surface area contributed by atoms with Crippen molar-refractivity contribution in [1.29, 1.82) is 0 Å². The number of hydrogen-bond acceptors (Lipinski definition) is 3. The molecule has 2 N–H and O–H groups in total. The van der Waals surface area contributed by atoms with Crippen molar-refractivity contribution in [3.05, 3.63) is 59.7 Å². The summed E-state index contributed by atoms with van der Waals surface area (Å²) in [5, 5.41) is 0. The molecular weight excluding hydrogens is 254 g/mol. The largest absolute Gasteiger partial charge is 0.489 e. The maximum absolute atomic E-state index is 5.94. The fourth-order valence-corrected chi connectivity index (χ4v) is 3.27. The third kappa shape index (κ3) is 2.94. The molecule has 98 valence electrons. The van der Waals surface area contributed by atoms with Crippen LogP contribution in [-0.4, -0.2) is 11.9 Å². The lowest BCUT2D eigenvalue weighted by molar-refractivity contribution is 0.259. The number of nitrogens with two attached hydrogens (primary N) is 1. The first-order valence-corrected chi connectivity index (χ1v) is 7.50. The maximum atomic E-state index is 5.94.